The minimum atomic E-state index is -0.752. The number of benzene rings is 1. The first-order valence-electron chi connectivity index (χ1n) is 8.92. The predicted molar refractivity (Wildman–Crippen MR) is 99.2 cm³/mol. The van der Waals surface area contributed by atoms with Gasteiger partial charge in [-0.1, -0.05) is 13.8 Å². The van der Waals surface area contributed by atoms with Crippen LogP contribution in [0.5, 0.6) is 11.5 Å². The van der Waals surface area contributed by atoms with Gasteiger partial charge in [-0.2, -0.15) is 0 Å². The summed E-state index contributed by atoms with van der Waals surface area (Å²) >= 11 is 0. The second-order valence-electron chi connectivity index (χ2n) is 6.93. The molecule has 0 bridgehead atoms. The number of rotatable bonds is 6. The molecule has 0 atom stereocenters. The molecule has 0 saturated heterocycles. The third-order valence-electron chi connectivity index (χ3n) is 4.79. The number of anilines is 1. The van der Waals surface area contributed by atoms with Crippen molar-refractivity contribution in [3.8, 4) is 11.5 Å². The van der Waals surface area contributed by atoms with Crippen LogP contribution in [0.15, 0.2) is 12.1 Å². The van der Waals surface area contributed by atoms with Crippen molar-refractivity contribution in [2.75, 3.05) is 19.5 Å². The van der Waals surface area contributed by atoms with E-state index in [0.717, 1.165) is 5.56 Å². The second-order valence-corrected chi connectivity index (χ2v) is 6.93. The molecule has 0 aromatic heterocycles. The average molecular weight is 364 g/mol. The molecule has 1 aromatic carbocycles. The van der Waals surface area contributed by atoms with E-state index < -0.39 is 5.97 Å². The van der Waals surface area contributed by atoms with E-state index in [1.807, 2.05) is 13.8 Å². The molecular formula is C19H28N2O5. The van der Waals surface area contributed by atoms with Gasteiger partial charge in [0.1, 0.15) is 11.5 Å². The van der Waals surface area contributed by atoms with E-state index in [4.69, 9.17) is 14.6 Å². The molecule has 1 fully saturated rings. The number of methoxy groups -OCH3 is 2. The lowest BCUT2D eigenvalue weighted by Crippen LogP contribution is -2.41. The molecule has 1 saturated carbocycles. The van der Waals surface area contributed by atoms with E-state index in [9.17, 15) is 9.59 Å². The standard InChI is InChI=1S/C19H28N2O5/c1-11(2)17-15(25-3)9-14(10-16(17)26-4)21-19(24)20-13-7-5-12(6-8-13)18(22)23/h9-13H,5-8H2,1-4H3,(H,22,23)(H2,20,21,24). The summed E-state index contributed by atoms with van der Waals surface area (Å²) in [5.74, 6) is 0.492. The van der Waals surface area contributed by atoms with Gasteiger partial charge in [-0.25, -0.2) is 4.79 Å². The van der Waals surface area contributed by atoms with Gasteiger partial charge in [0.2, 0.25) is 0 Å². The molecule has 3 N–H and O–H groups in total. The normalized spacial score (nSPS) is 19.7. The van der Waals surface area contributed by atoms with Crippen LogP contribution in [0, 0.1) is 5.92 Å². The summed E-state index contributed by atoms with van der Waals surface area (Å²) in [7, 11) is 3.18. The van der Waals surface area contributed by atoms with Crippen molar-refractivity contribution in [1.82, 2.24) is 5.32 Å². The van der Waals surface area contributed by atoms with E-state index >= 15 is 0 Å². The number of aliphatic carboxylic acids is 1. The topological polar surface area (TPSA) is 96.9 Å². The lowest BCUT2D eigenvalue weighted by molar-refractivity contribution is -0.142. The molecule has 7 nitrogen and oxygen atoms in total. The molecular weight excluding hydrogens is 336 g/mol. The van der Waals surface area contributed by atoms with Crippen LogP contribution in [-0.2, 0) is 4.79 Å². The summed E-state index contributed by atoms with van der Waals surface area (Å²) in [6, 6.07) is 3.23. The van der Waals surface area contributed by atoms with Gasteiger partial charge in [-0.3, -0.25) is 4.79 Å². The first-order valence-corrected chi connectivity index (χ1v) is 8.92. The number of amides is 2. The Kier molecular flexibility index (Phi) is 6.71. The molecule has 0 heterocycles. The predicted octanol–water partition coefficient (Wildman–Crippen LogP) is 3.59. The SMILES string of the molecule is COc1cc(NC(=O)NC2CCC(C(=O)O)CC2)cc(OC)c1C(C)C. The van der Waals surface area contributed by atoms with E-state index in [0.29, 0.717) is 42.9 Å². The van der Waals surface area contributed by atoms with Crippen molar-refractivity contribution in [2.45, 2.75) is 51.5 Å². The van der Waals surface area contributed by atoms with Gasteiger partial charge < -0.3 is 25.2 Å². The van der Waals surface area contributed by atoms with Crippen LogP contribution in [0.3, 0.4) is 0 Å². The van der Waals surface area contributed by atoms with Crippen LogP contribution in [0.1, 0.15) is 51.0 Å². The maximum atomic E-state index is 12.3. The fraction of sp³-hybridized carbons (Fsp3) is 0.579. The van der Waals surface area contributed by atoms with Gasteiger partial charge in [-0.15, -0.1) is 0 Å². The Morgan fingerprint density at radius 1 is 1.08 bits per heavy atom. The number of carbonyl (C=O) groups excluding carboxylic acids is 1. The lowest BCUT2D eigenvalue weighted by Gasteiger charge is -2.27. The highest BCUT2D eigenvalue weighted by Crippen LogP contribution is 2.38. The number of hydrogen-bond donors (Lipinski definition) is 3. The van der Waals surface area contributed by atoms with Crippen LogP contribution in [0.2, 0.25) is 0 Å². The average Bonchev–Trinajstić information content (AvgIpc) is 2.60. The summed E-state index contributed by atoms with van der Waals surface area (Å²) in [6.07, 6.45) is 2.52. The minimum absolute atomic E-state index is 0.00988. The monoisotopic (exact) mass is 364 g/mol. The van der Waals surface area contributed by atoms with Crippen molar-refractivity contribution in [3.63, 3.8) is 0 Å². The maximum Gasteiger partial charge on any atom is 0.319 e. The largest absolute Gasteiger partial charge is 0.496 e. The summed E-state index contributed by atoms with van der Waals surface area (Å²) in [6.45, 7) is 4.10. The fourth-order valence-electron chi connectivity index (χ4n) is 3.42. The lowest BCUT2D eigenvalue weighted by atomic mass is 9.86. The highest BCUT2D eigenvalue weighted by Gasteiger charge is 2.26. The van der Waals surface area contributed by atoms with Gasteiger partial charge in [0, 0.05) is 29.4 Å². The highest BCUT2D eigenvalue weighted by molar-refractivity contribution is 5.90. The molecule has 2 amide bonds. The molecule has 1 aliphatic carbocycles. The first kappa shape index (κ1) is 19.9. The van der Waals surface area contributed by atoms with E-state index in [1.165, 1.54) is 0 Å². The Labute approximate surface area is 154 Å². The number of carboxylic acids is 1. The zero-order chi connectivity index (χ0) is 19.3. The van der Waals surface area contributed by atoms with Crippen molar-refractivity contribution < 1.29 is 24.2 Å². The fourth-order valence-corrected chi connectivity index (χ4v) is 3.42. The van der Waals surface area contributed by atoms with E-state index in [1.54, 1.807) is 26.4 Å². The van der Waals surface area contributed by atoms with Crippen molar-refractivity contribution in [3.05, 3.63) is 17.7 Å². The zero-order valence-electron chi connectivity index (χ0n) is 15.8. The summed E-state index contributed by atoms with van der Waals surface area (Å²) < 4.78 is 10.9. The Balaban J connectivity index is 2.02. The zero-order valence-corrected chi connectivity index (χ0v) is 15.8. The van der Waals surface area contributed by atoms with Crippen molar-refractivity contribution in [1.29, 1.82) is 0 Å². The molecule has 1 aliphatic rings. The van der Waals surface area contributed by atoms with E-state index in [-0.39, 0.29) is 23.9 Å². The van der Waals surface area contributed by atoms with Crippen molar-refractivity contribution in [2.24, 2.45) is 5.92 Å². The molecule has 0 radical (unpaired) electrons. The molecule has 7 heteroatoms. The molecule has 0 unspecified atom stereocenters. The number of hydrogen-bond acceptors (Lipinski definition) is 4. The summed E-state index contributed by atoms with van der Waals surface area (Å²) in [5.41, 5.74) is 1.53. The summed E-state index contributed by atoms with van der Waals surface area (Å²) in [5, 5.41) is 14.8. The smallest absolute Gasteiger partial charge is 0.319 e. The summed E-state index contributed by atoms with van der Waals surface area (Å²) in [4.78, 5) is 23.3. The Hall–Kier alpha value is -2.44. The van der Waals surface area contributed by atoms with Crippen LogP contribution in [0.25, 0.3) is 0 Å². The molecule has 144 valence electrons. The van der Waals surface area contributed by atoms with Crippen molar-refractivity contribution >= 4 is 17.7 Å². The third-order valence-corrected chi connectivity index (χ3v) is 4.79. The van der Waals surface area contributed by atoms with Crippen LogP contribution in [-0.4, -0.2) is 37.4 Å². The molecule has 1 aromatic rings. The number of ether oxygens (including phenoxy) is 2. The highest BCUT2D eigenvalue weighted by atomic mass is 16.5. The molecule has 2 rings (SSSR count). The van der Waals surface area contributed by atoms with Gasteiger partial charge in [0.15, 0.2) is 0 Å². The Bertz CT molecular complexity index is 626. The maximum absolute atomic E-state index is 12.3. The molecule has 26 heavy (non-hydrogen) atoms. The van der Waals surface area contributed by atoms with Gasteiger partial charge >= 0.3 is 12.0 Å². The number of nitrogens with one attached hydrogen (secondary N) is 2. The number of carbonyl (C=O) groups is 2. The number of carboxylic acid groups (broad SMARTS) is 1. The van der Waals surface area contributed by atoms with Crippen LogP contribution < -0.4 is 20.1 Å². The Morgan fingerprint density at radius 3 is 2.04 bits per heavy atom. The van der Waals surface area contributed by atoms with Gasteiger partial charge in [0.25, 0.3) is 0 Å². The van der Waals surface area contributed by atoms with Gasteiger partial charge in [0.05, 0.1) is 20.1 Å². The molecule has 0 spiro atoms. The Morgan fingerprint density at radius 2 is 1.62 bits per heavy atom. The van der Waals surface area contributed by atoms with Crippen LogP contribution >= 0.6 is 0 Å². The quantitative estimate of drug-likeness (QED) is 0.717. The second kappa shape index (κ2) is 8.78. The molecule has 0 aliphatic heterocycles. The number of urea groups is 1. The van der Waals surface area contributed by atoms with Crippen LogP contribution in [0.4, 0.5) is 10.5 Å². The first-order chi connectivity index (χ1) is 12.3. The third kappa shape index (κ3) is 4.80. The van der Waals surface area contributed by atoms with E-state index in [2.05, 4.69) is 10.6 Å². The van der Waals surface area contributed by atoms with Gasteiger partial charge in [-0.05, 0) is 31.6 Å². The minimum Gasteiger partial charge on any atom is -0.496 e.